The van der Waals surface area contributed by atoms with Gasteiger partial charge in [0.1, 0.15) is 17.6 Å². The quantitative estimate of drug-likeness (QED) is 0.557. The van der Waals surface area contributed by atoms with E-state index in [-0.39, 0.29) is 18.1 Å². The van der Waals surface area contributed by atoms with Crippen molar-refractivity contribution in [3.8, 4) is 0 Å². The molecule has 1 aromatic carbocycles. The van der Waals surface area contributed by atoms with Crippen LogP contribution in [0.5, 0.6) is 0 Å². The molecule has 2 aliphatic heterocycles. The molecule has 1 atom stereocenters. The Morgan fingerprint density at radius 1 is 1.03 bits per heavy atom. The SMILES string of the molecule is Cl.Fc1ccc(N2N=C(C(F)(F)C(F)(F)F)CC2c2cc(C3=CCNCC3)ccn2)c(F)c1. The minimum Gasteiger partial charge on any atom is -0.313 e. The van der Waals surface area contributed by atoms with Crippen molar-refractivity contribution < 1.29 is 30.7 Å². The summed E-state index contributed by atoms with van der Waals surface area (Å²) in [5.74, 6) is -7.29. The average Bonchev–Trinajstić information content (AvgIpc) is 3.19. The highest BCUT2D eigenvalue weighted by Crippen LogP contribution is 2.45. The van der Waals surface area contributed by atoms with Gasteiger partial charge in [-0.1, -0.05) is 6.08 Å². The maximum Gasteiger partial charge on any atom is 0.459 e. The summed E-state index contributed by atoms with van der Waals surface area (Å²) in [6.45, 7) is 1.36. The Labute approximate surface area is 190 Å². The van der Waals surface area contributed by atoms with Crippen molar-refractivity contribution in [2.24, 2.45) is 5.10 Å². The molecule has 1 N–H and O–H groups in total. The van der Waals surface area contributed by atoms with Crippen LogP contribution in [-0.4, -0.2) is 35.9 Å². The van der Waals surface area contributed by atoms with E-state index in [4.69, 9.17) is 0 Å². The van der Waals surface area contributed by atoms with Gasteiger partial charge in [-0.25, -0.2) is 8.78 Å². The zero-order valence-electron chi connectivity index (χ0n) is 16.8. The molecule has 33 heavy (non-hydrogen) atoms. The molecular formula is C21H18ClF7N4. The van der Waals surface area contributed by atoms with Crippen LogP contribution < -0.4 is 10.3 Å². The van der Waals surface area contributed by atoms with Crippen LogP contribution in [0, 0.1) is 11.6 Å². The summed E-state index contributed by atoms with van der Waals surface area (Å²) in [7, 11) is 0. The first-order valence-corrected chi connectivity index (χ1v) is 9.71. The fourth-order valence-corrected chi connectivity index (χ4v) is 3.70. The van der Waals surface area contributed by atoms with Crippen LogP contribution in [-0.2, 0) is 0 Å². The minimum absolute atomic E-state index is 0. The molecule has 0 saturated heterocycles. The summed E-state index contributed by atoms with van der Waals surface area (Å²) in [5.41, 5.74) is -0.0641. The first-order chi connectivity index (χ1) is 15.1. The van der Waals surface area contributed by atoms with Crippen LogP contribution in [0.3, 0.4) is 0 Å². The van der Waals surface area contributed by atoms with E-state index in [1.54, 1.807) is 12.1 Å². The van der Waals surface area contributed by atoms with Crippen LogP contribution in [0.2, 0.25) is 0 Å². The van der Waals surface area contributed by atoms with Gasteiger partial charge in [-0.3, -0.25) is 9.99 Å². The monoisotopic (exact) mass is 494 g/mol. The van der Waals surface area contributed by atoms with Crippen molar-refractivity contribution in [3.63, 3.8) is 0 Å². The summed E-state index contributed by atoms with van der Waals surface area (Å²) < 4.78 is 94.9. The fourth-order valence-electron chi connectivity index (χ4n) is 3.70. The number of benzene rings is 1. The lowest BCUT2D eigenvalue weighted by Gasteiger charge is -2.24. The molecule has 0 radical (unpaired) electrons. The van der Waals surface area contributed by atoms with E-state index < -0.39 is 47.6 Å². The van der Waals surface area contributed by atoms with Gasteiger partial charge in [0, 0.05) is 25.2 Å². The number of nitrogens with zero attached hydrogens (tertiary/aromatic N) is 3. The van der Waals surface area contributed by atoms with E-state index >= 15 is 0 Å². The number of hydrogen-bond donors (Lipinski definition) is 1. The van der Waals surface area contributed by atoms with Gasteiger partial charge in [0.2, 0.25) is 0 Å². The highest BCUT2D eigenvalue weighted by atomic mass is 35.5. The highest BCUT2D eigenvalue weighted by molar-refractivity contribution is 5.95. The predicted octanol–water partition coefficient (Wildman–Crippen LogP) is 5.66. The number of pyridine rings is 1. The van der Waals surface area contributed by atoms with Crippen molar-refractivity contribution in [2.45, 2.75) is 31.0 Å². The summed E-state index contributed by atoms with van der Waals surface area (Å²) in [5, 5.41) is 7.30. The van der Waals surface area contributed by atoms with Gasteiger partial charge in [0.05, 0.1) is 11.4 Å². The van der Waals surface area contributed by atoms with Gasteiger partial charge >= 0.3 is 12.1 Å². The molecule has 2 aromatic rings. The number of alkyl halides is 5. The van der Waals surface area contributed by atoms with Crippen molar-refractivity contribution in [1.29, 1.82) is 0 Å². The van der Waals surface area contributed by atoms with Gasteiger partial charge in [-0.2, -0.15) is 27.1 Å². The topological polar surface area (TPSA) is 40.5 Å². The van der Waals surface area contributed by atoms with E-state index in [0.29, 0.717) is 24.0 Å². The minimum atomic E-state index is -5.87. The number of aromatic nitrogens is 1. The van der Waals surface area contributed by atoms with Gasteiger partial charge in [0.25, 0.3) is 0 Å². The van der Waals surface area contributed by atoms with E-state index in [0.717, 1.165) is 29.8 Å². The number of hydrogen-bond acceptors (Lipinski definition) is 4. The molecular weight excluding hydrogens is 477 g/mol. The van der Waals surface area contributed by atoms with Gasteiger partial charge in [-0.15, -0.1) is 12.4 Å². The third kappa shape index (κ3) is 4.84. The lowest BCUT2D eigenvalue weighted by molar-refractivity contribution is -0.249. The van der Waals surface area contributed by atoms with Crippen LogP contribution >= 0.6 is 12.4 Å². The van der Waals surface area contributed by atoms with Gasteiger partial charge < -0.3 is 5.32 Å². The standard InChI is InChI=1S/C21H17F7N4.ClH/c22-14-1-2-17(15(23)10-14)32-18(11-19(31-32)20(24,25)21(26,27)28)16-9-13(5-8-30-16)12-3-6-29-7-4-12;/h1-3,5,8-10,18,29H,4,6-7,11H2;1H. The van der Waals surface area contributed by atoms with E-state index in [2.05, 4.69) is 15.4 Å². The molecule has 178 valence electrons. The molecule has 0 bridgehead atoms. The Morgan fingerprint density at radius 2 is 1.79 bits per heavy atom. The maximum atomic E-state index is 14.4. The van der Waals surface area contributed by atoms with Gasteiger partial charge in [-0.05, 0) is 48.4 Å². The number of hydrazone groups is 1. The van der Waals surface area contributed by atoms with Crippen LogP contribution in [0.4, 0.5) is 36.4 Å². The summed E-state index contributed by atoms with van der Waals surface area (Å²) in [6, 6.07) is 4.35. The second-order valence-corrected chi connectivity index (χ2v) is 7.43. The molecule has 0 spiro atoms. The first-order valence-electron chi connectivity index (χ1n) is 9.71. The summed E-state index contributed by atoms with van der Waals surface area (Å²) in [4.78, 5) is 4.14. The van der Waals surface area contributed by atoms with Crippen molar-refractivity contribution in [1.82, 2.24) is 10.3 Å². The maximum absolute atomic E-state index is 14.4. The molecule has 12 heteroatoms. The van der Waals surface area contributed by atoms with Crippen LogP contribution in [0.25, 0.3) is 5.57 Å². The molecule has 0 saturated carbocycles. The molecule has 1 aromatic heterocycles. The van der Waals surface area contributed by atoms with E-state index in [1.165, 1.54) is 6.20 Å². The van der Waals surface area contributed by atoms with Crippen LogP contribution in [0.15, 0.2) is 47.7 Å². The molecule has 4 rings (SSSR count). The summed E-state index contributed by atoms with van der Waals surface area (Å²) >= 11 is 0. The lowest BCUT2D eigenvalue weighted by Crippen LogP contribution is -2.43. The number of nitrogens with one attached hydrogen (secondary N) is 1. The Morgan fingerprint density at radius 3 is 2.42 bits per heavy atom. The van der Waals surface area contributed by atoms with Crippen molar-refractivity contribution >= 4 is 29.4 Å². The largest absolute Gasteiger partial charge is 0.459 e. The normalized spacial score (nSPS) is 19.1. The van der Waals surface area contributed by atoms with Crippen molar-refractivity contribution in [3.05, 3.63) is 65.5 Å². The number of halogens is 8. The Hall–Kier alpha value is -2.66. The Kier molecular flexibility index (Phi) is 7.04. The predicted molar refractivity (Wildman–Crippen MR) is 112 cm³/mol. The first kappa shape index (κ1) is 25.0. The van der Waals surface area contributed by atoms with Crippen LogP contribution in [0.1, 0.15) is 30.1 Å². The molecule has 0 amide bonds. The highest BCUT2D eigenvalue weighted by Gasteiger charge is 2.63. The second kappa shape index (κ2) is 9.30. The smallest absolute Gasteiger partial charge is 0.313 e. The zero-order chi connectivity index (χ0) is 23.1. The van der Waals surface area contributed by atoms with Crippen molar-refractivity contribution in [2.75, 3.05) is 18.1 Å². The Balaban J connectivity index is 0.00000306. The Bertz CT molecular complexity index is 1080. The third-order valence-electron chi connectivity index (χ3n) is 5.34. The molecule has 2 aliphatic rings. The third-order valence-corrected chi connectivity index (χ3v) is 5.34. The molecule has 0 aliphatic carbocycles. The number of rotatable bonds is 4. The molecule has 4 nitrogen and oxygen atoms in total. The lowest BCUT2D eigenvalue weighted by atomic mass is 9.97. The van der Waals surface area contributed by atoms with E-state index in [9.17, 15) is 30.7 Å². The van der Waals surface area contributed by atoms with E-state index in [1.807, 2.05) is 6.08 Å². The average molecular weight is 495 g/mol. The number of anilines is 1. The van der Waals surface area contributed by atoms with Gasteiger partial charge in [0.15, 0.2) is 5.82 Å². The zero-order valence-corrected chi connectivity index (χ0v) is 17.7. The molecule has 0 fully saturated rings. The molecule has 3 heterocycles. The molecule has 1 unspecified atom stereocenters. The summed E-state index contributed by atoms with van der Waals surface area (Å²) in [6.07, 6.45) is -2.66. The fraction of sp³-hybridized carbons (Fsp3) is 0.333. The second-order valence-electron chi connectivity index (χ2n) is 7.43.